The fraction of sp³-hybridized carbons (Fsp3) is 0.469. The van der Waals surface area contributed by atoms with Crippen molar-refractivity contribution in [1.82, 2.24) is 24.7 Å². The van der Waals surface area contributed by atoms with Gasteiger partial charge in [0.05, 0.1) is 11.0 Å². The molecule has 2 aromatic carbocycles. The summed E-state index contributed by atoms with van der Waals surface area (Å²) < 4.78 is 2.45. The Bertz CT molecular complexity index is 1400. The van der Waals surface area contributed by atoms with Crippen LogP contribution in [0.3, 0.4) is 0 Å². The molecule has 6 rings (SSSR count). The number of hydrogen-bond acceptors (Lipinski definition) is 6. The van der Waals surface area contributed by atoms with E-state index in [1.54, 1.807) is 0 Å². The summed E-state index contributed by atoms with van der Waals surface area (Å²) in [5.41, 5.74) is 7.68. The number of carbonyl (C=O) groups excluding carboxylic acids is 1. The van der Waals surface area contributed by atoms with Gasteiger partial charge in [-0.1, -0.05) is 55.3 Å². The summed E-state index contributed by atoms with van der Waals surface area (Å²) in [5, 5.41) is 0. The van der Waals surface area contributed by atoms with Crippen molar-refractivity contribution >= 4 is 35.1 Å². The maximum atomic E-state index is 13.1. The molecule has 3 aromatic rings. The number of benzene rings is 2. The molecule has 2 fully saturated rings. The molecule has 3 aliphatic rings. The van der Waals surface area contributed by atoms with E-state index in [2.05, 4.69) is 82.6 Å². The maximum absolute atomic E-state index is 13.1. The minimum Gasteiger partial charge on any atom is -0.338 e. The fourth-order valence-corrected chi connectivity index (χ4v) is 7.21. The van der Waals surface area contributed by atoms with Crippen molar-refractivity contribution in [2.45, 2.75) is 70.3 Å². The lowest BCUT2D eigenvalue weighted by atomic mass is 9.70. The van der Waals surface area contributed by atoms with Crippen molar-refractivity contribution in [3.8, 4) is 0 Å². The van der Waals surface area contributed by atoms with E-state index in [1.807, 2.05) is 11.8 Å². The van der Waals surface area contributed by atoms with Gasteiger partial charge < -0.3 is 14.9 Å². The molecule has 2 aliphatic heterocycles. The third-order valence-electron chi connectivity index (χ3n) is 8.99. The molecule has 1 amide bonds. The van der Waals surface area contributed by atoms with Crippen LogP contribution in [0.1, 0.15) is 69.3 Å². The van der Waals surface area contributed by atoms with E-state index in [9.17, 15) is 4.79 Å². The highest BCUT2D eigenvalue weighted by Crippen LogP contribution is 2.41. The van der Waals surface area contributed by atoms with Gasteiger partial charge in [0.2, 0.25) is 0 Å². The van der Waals surface area contributed by atoms with Crippen LogP contribution in [-0.4, -0.2) is 46.2 Å². The van der Waals surface area contributed by atoms with E-state index in [0.717, 1.165) is 73.2 Å². The summed E-state index contributed by atoms with van der Waals surface area (Å²) in [6.45, 7) is 6.42. The second kappa shape index (κ2) is 11.8. The van der Waals surface area contributed by atoms with E-state index in [4.69, 9.17) is 9.98 Å². The monoisotopic (exact) mass is 556 g/mol. The Labute approximate surface area is 241 Å². The SMILES string of the molecule is CC1=C(C(=O)N2CCC(CCN=CCC(CC3CC3)n3c(C)nc4ccccc43)(c3ccccc3)CC2)SNN1. The Morgan fingerprint density at radius 3 is 2.60 bits per heavy atom. The van der Waals surface area contributed by atoms with Crippen molar-refractivity contribution in [2.75, 3.05) is 19.6 Å². The summed E-state index contributed by atoms with van der Waals surface area (Å²) in [4.78, 5) is 28.7. The number of aryl methyl sites for hydroxylation is 1. The first kappa shape index (κ1) is 27.1. The first-order valence-corrected chi connectivity index (χ1v) is 15.5. The zero-order valence-electron chi connectivity index (χ0n) is 23.6. The number of amides is 1. The van der Waals surface area contributed by atoms with Crippen LogP contribution in [0.15, 0.2) is 70.2 Å². The van der Waals surface area contributed by atoms with Gasteiger partial charge in [0.1, 0.15) is 10.7 Å². The highest BCUT2D eigenvalue weighted by molar-refractivity contribution is 8.02. The van der Waals surface area contributed by atoms with Crippen LogP contribution in [-0.2, 0) is 10.2 Å². The molecule has 210 valence electrons. The van der Waals surface area contributed by atoms with Gasteiger partial charge >= 0.3 is 0 Å². The molecule has 1 saturated heterocycles. The smallest absolute Gasteiger partial charge is 0.263 e. The molecule has 0 spiro atoms. The first-order valence-electron chi connectivity index (χ1n) is 14.7. The molecule has 7 nitrogen and oxygen atoms in total. The van der Waals surface area contributed by atoms with Crippen LogP contribution in [0.25, 0.3) is 11.0 Å². The van der Waals surface area contributed by atoms with Crippen molar-refractivity contribution in [3.63, 3.8) is 0 Å². The van der Waals surface area contributed by atoms with Gasteiger partial charge in [-0.3, -0.25) is 9.79 Å². The zero-order valence-corrected chi connectivity index (χ0v) is 24.4. The lowest BCUT2D eigenvalue weighted by Gasteiger charge is -2.42. The molecule has 1 unspecified atom stereocenters. The predicted octanol–water partition coefficient (Wildman–Crippen LogP) is 6.08. The summed E-state index contributed by atoms with van der Waals surface area (Å²) in [6, 6.07) is 19.8. The maximum Gasteiger partial charge on any atom is 0.263 e. The molecule has 1 atom stereocenters. The predicted molar refractivity (Wildman–Crippen MR) is 164 cm³/mol. The lowest BCUT2D eigenvalue weighted by Crippen LogP contribution is -2.45. The minimum absolute atomic E-state index is 0.0443. The first-order chi connectivity index (χ1) is 19.5. The molecule has 1 aromatic heterocycles. The standard InChI is InChI=1S/C32H40N6OS/c1-23-30(40-36-35-23)31(39)37-20-16-32(17-21-37,26-8-4-3-5-9-26)15-19-33-18-14-27(22-25-12-13-25)38-24(2)34-28-10-6-7-11-29(28)38/h3-11,18,25,27,35-36H,12-17,19-22H2,1-2H3. The van der Waals surface area contributed by atoms with Crippen LogP contribution in [0.5, 0.6) is 0 Å². The fourth-order valence-electron chi connectivity index (χ4n) is 6.48. The number of aromatic nitrogens is 2. The highest BCUT2D eigenvalue weighted by Gasteiger charge is 2.38. The molecular formula is C32H40N6OS. The topological polar surface area (TPSA) is 74.5 Å². The van der Waals surface area contributed by atoms with Gasteiger partial charge in [0.15, 0.2) is 0 Å². The summed E-state index contributed by atoms with van der Waals surface area (Å²) in [6.07, 6.45) is 9.92. The van der Waals surface area contributed by atoms with Gasteiger partial charge in [-0.05, 0) is 75.1 Å². The van der Waals surface area contributed by atoms with Crippen LogP contribution < -0.4 is 10.3 Å². The van der Waals surface area contributed by atoms with Gasteiger partial charge in [-0.25, -0.2) is 4.98 Å². The van der Waals surface area contributed by atoms with E-state index in [0.29, 0.717) is 6.04 Å². The number of hydrogen-bond donors (Lipinski definition) is 2. The number of piperidine rings is 1. The molecule has 2 N–H and O–H groups in total. The average molecular weight is 557 g/mol. The molecule has 8 heteroatoms. The number of imidazole rings is 1. The lowest BCUT2D eigenvalue weighted by molar-refractivity contribution is -0.128. The van der Waals surface area contributed by atoms with Crippen molar-refractivity contribution in [2.24, 2.45) is 10.9 Å². The second-order valence-electron chi connectivity index (χ2n) is 11.6. The Hall–Kier alpha value is -3.10. The largest absolute Gasteiger partial charge is 0.338 e. The Morgan fingerprint density at radius 1 is 1.12 bits per heavy atom. The van der Waals surface area contributed by atoms with Gasteiger partial charge in [-0.15, -0.1) is 0 Å². The second-order valence-corrected chi connectivity index (χ2v) is 12.5. The number of likely N-dealkylation sites (tertiary alicyclic amines) is 1. The molecular weight excluding hydrogens is 516 g/mol. The van der Waals surface area contributed by atoms with Crippen molar-refractivity contribution < 1.29 is 4.79 Å². The summed E-state index contributed by atoms with van der Waals surface area (Å²) in [5.74, 6) is 2.06. The van der Waals surface area contributed by atoms with Gasteiger partial charge in [-0.2, -0.15) is 4.83 Å². The summed E-state index contributed by atoms with van der Waals surface area (Å²) >= 11 is 1.38. The van der Waals surface area contributed by atoms with Crippen molar-refractivity contribution in [3.05, 3.63) is 76.6 Å². The Balaban J connectivity index is 1.12. The average Bonchev–Trinajstić information content (AvgIpc) is 3.59. The molecule has 1 saturated carbocycles. The van der Waals surface area contributed by atoms with Crippen molar-refractivity contribution in [1.29, 1.82) is 0 Å². The number of nitrogens with zero attached hydrogens (tertiary/aromatic N) is 4. The molecule has 1 aliphatic carbocycles. The van der Waals surface area contributed by atoms with Crippen LogP contribution in [0, 0.1) is 12.8 Å². The highest BCUT2D eigenvalue weighted by atomic mass is 32.2. The van der Waals surface area contributed by atoms with E-state index >= 15 is 0 Å². The number of para-hydroxylation sites is 2. The number of rotatable bonds is 10. The zero-order chi connectivity index (χ0) is 27.5. The van der Waals surface area contributed by atoms with Gasteiger partial charge in [0.25, 0.3) is 5.91 Å². The number of allylic oxidation sites excluding steroid dienone is 1. The van der Waals surface area contributed by atoms with Crippen LogP contribution in [0.4, 0.5) is 0 Å². The van der Waals surface area contributed by atoms with E-state index in [1.165, 1.54) is 42.3 Å². The number of nitrogens with one attached hydrogen (secondary N) is 2. The van der Waals surface area contributed by atoms with E-state index < -0.39 is 0 Å². The third kappa shape index (κ3) is 5.70. The van der Waals surface area contributed by atoms with Gasteiger partial charge in [0, 0.05) is 49.4 Å². The number of aliphatic imine (C=N–C) groups is 1. The molecule has 40 heavy (non-hydrogen) atoms. The normalized spacial score (nSPS) is 19.9. The van der Waals surface area contributed by atoms with Crippen LogP contribution >= 0.6 is 11.9 Å². The summed E-state index contributed by atoms with van der Waals surface area (Å²) in [7, 11) is 0. The Kier molecular flexibility index (Phi) is 7.98. The molecule has 3 heterocycles. The molecule has 0 bridgehead atoms. The number of fused-ring (bicyclic) bond motifs is 1. The Morgan fingerprint density at radius 2 is 1.88 bits per heavy atom. The van der Waals surface area contributed by atoms with E-state index in [-0.39, 0.29) is 11.3 Å². The van der Waals surface area contributed by atoms with Crippen LogP contribution in [0.2, 0.25) is 0 Å². The number of hydrazine groups is 1. The number of carbonyl (C=O) groups is 1. The quantitative estimate of drug-likeness (QED) is 0.234. The third-order valence-corrected chi connectivity index (χ3v) is 9.88. The molecule has 0 radical (unpaired) electrons. The minimum atomic E-state index is 0.0443.